The van der Waals surface area contributed by atoms with Crippen LogP contribution in [-0.4, -0.2) is 45.5 Å². The minimum Gasteiger partial charge on any atom is -0.508 e. The molecule has 29 heavy (non-hydrogen) atoms. The first kappa shape index (κ1) is 22.4. The van der Waals surface area contributed by atoms with E-state index in [0.29, 0.717) is 38.0 Å². The van der Waals surface area contributed by atoms with Crippen LogP contribution < -0.4 is 20.1 Å². The Labute approximate surface area is 172 Å². The van der Waals surface area contributed by atoms with Crippen LogP contribution in [0, 0.1) is 6.92 Å². The van der Waals surface area contributed by atoms with Crippen molar-refractivity contribution in [2.75, 3.05) is 34.5 Å². The van der Waals surface area contributed by atoms with Crippen molar-refractivity contribution in [1.82, 2.24) is 10.6 Å². The molecule has 3 N–H and O–H groups in total. The van der Waals surface area contributed by atoms with Gasteiger partial charge < -0.3 is 30.0 Å². The number of rotatable bonds is 10. The normalized spacial score (nSPS) is 11.2. The Bertz CT molecular complexity index is 809. The van der Waals surface area contributed by atoms with Crippen LogP contribution in [0.25, 0.3) is 0 Å². The van der Waals surface area contributed by atoms with Crippen LogP contribution in [0.15, 0.2) is 41.4 Å². The zero-order valence-electron chi connectivity index (χ0n) is 17.6. The fourth-order valence-corrected chi connectivity index (χ4v) is 2.74. The van der Waals surface area contributed by atoms with E-state index < -0.39 is 0 Å². The molecule has 0 bridgehead atoms. The lowest BCUT2D eigenvalue weighted by molar-refractivity contribution is 0.171. The Morgan fingerprint density at radius 3 is 2.45 bits per heavy atom. The molecule has 2 aromatic rings. The van der Waals surface area contributed by atoms with Crippen LogP contribution in [0.5, 0.6) is 17.2 Å². The van der Waals surface area contributed by atoms with E-state index in [1.54, 1.807) is 39.5 Å². The first-order chi connectivity index (χ1) is 14.1. The molecule has 0 aliphatic rings. The zero-order valence-corrected chi connectivity index (χ0v) is 17.6. The summed E-state index contributed by atoms with van der Waals surface area (Å²) in [5.41, 5.74) is 2.91. The van der Waals surface area contributed by atoms with Gasteiger partial charge in [0.25, 0.3) is 0 Å². The summed E-state index contributed by atoms with van der Waals surface area (Å²) in [4.78, 5) is 4.25. The van der Waals surface area contributed by atoms with Gasteiger partial charge in [-0.3, -0.25) is 4.99 Å². The Hall–Kier alpha value is -2.93. The average Bonchev–Trinajstić information content (AvgIpc) is 2.73. The van der Waals surface area contributed by atoms with Crippen LogP contribution in [0.4, 0.5) is 0 Å². The number of aromatic hydroxyl groups is 1. The number of methoxy groups -OCH3 is 2. The van der Waals surface area contributed by atoms with Crippen molar-refractivity contribution >= 4 is 5.96 Å². The highest BCUT2D eigenvalue weighted by Crippen LogP contribution is 2.23. The number of hydrogen-bond donors (Lipinski definition) is 3. The third-order valence-electron chi connectivity index (χ3n) is 4.38. The van der Waals surface area contributed by atoms with Crippen molar-refractivity contribution in [2.24, 2.45) is 4.99 Å². The number of nitrogens with one attached hydrogen (secondary N) is 2. The van der Waals surface area contributed by atoms with Crippen molar-refractivity contribution < 1.29 is 19.3 Å². The molecule has 2 aromatic carbocycles. The first-order valence-electron chi connectivity index (χ1n) is 9.59. The van der Waals surface area contributed by atoms with Crippen molar-refractivity contribution in [3.05, 3.63) is 53.1 Å². The van der Waals surface area contributed by atoms with E-state index in [4.69, 9.17) is 14.2 Å². The standard InChI is InChI=1S/C22H31N3O4/c1-16-6-7-17(21(12-16)29-11-5-10-27-3)14-24-22(23-2)25-15-18-13-19(28-4)8-9-20(18)26/h6-9,12-13,26H,5,10-11,14-15H2,1-4H3,(H2,23,24,25). The molecule has 7 nitrogen and oxygen atoms in total. The molecule has 0 unspecified atom stereocenters. The monoisotopic (exact) mass is 401 g/mol. The number of aliphatic imine (C=N–C) groups is 1. The van der Waals surface area contributed by atoms with Gasteiger partial charge in [-0.2, -0.15) is 0 Å². The van der Waals surface area contributed by atoms with Gasteiger partial charge >= 0.3 is 0 Å². The van der Waals surface area contributed by atoms with Crippen LogP contribution in [0.3, 0.4) is 0 Å². The molecule has 0 atom stereocenters. The summed E-state index contributed by atoms with van der Waals surface area (Å²) in [5.74, 6) is 2.38. The summed E-state index contributed by atoms with van der Waals surface area (Å²) < 4.78 is 16.2. The van der Waals surface area contributed by atoms with Gasteiger partial charge in [-0.25, -0.2) is 0 Å². The molecule has 7 heteroatoms. The van der Waals surface area contributed by atoms with E-state index >= 15 is 0 Å². The second kappa shape index (κ2) is 11.8. The molecule has 2 rings (SSSR count). The minimum atomic E-state index is 0.207. The number of phenolic OH excluding ortho intramolecular Hbond substituents is 1. The number of ether oxygens (including phenoxy) is 3. The molecule has 0 heterocycles. The molecule has 0 saturated heterocycles. The van der Waals surface area contributed by atoms with Crippen molar-refractivity contribution in [1.29, 1.82) is 0 Å². The Morgan fingerprint density at radius 1 is 1.00 bits per heavy atom. The molecule has 0 fully saturated rings. The first-order valence-corrected chi connectivity index (χ1v) is 9.59. The number of hydrogen-bond acceptors (Lipinski definition) is 5. The predicted molar refractivity (Wildman–Crippen MR) is 115 cm³/mol. The Balaban J connectivity index is 1.95. The van der Waals surface area contributed by atoms with E-state index in [1.165, 1.54) is 0 Å². The number of aryl methyl sites for hydroxylation is 1. The van der Waals surface area contributed by atoms with Crippen LogP contribution in [0.2, 0.25) is 0 Å². The molecule has 0 aliphatic carbocycles. The molecular weight excluding hydrogens is 370 g/mol. The molecule has 0 saturated carbocycles. The van der Waals surface area contributed by atoms with Gasteiger partial charge in [-0.1, -0.05) is 12.1 Å². The zero-order chi connectivity index (χ0) is 21.1. The quantitative estimate of drug-likeness (QED) is 0.322. The minimum absolute atomic E-state index is 0.207. The number of phenols is 1. The van der Waals surface area contributed by atoms with Gasteiger partial charge in [0.1, 0.15) is 17.2 Å². The largest absolute Gasteiger partial charge is 0.508 e. The summed E-state index contributed by atoms with van der Waals surface area (Å²) in [6, 6.07) is 11.3. The van der Waals surface area contributed by atoms with Gasteiger partial charge in [-0.15, -0.1) is 0 Å². The highest BCUT2D eigenvalue weighted by molar-refractivity contribution is 5.79. The predicted octanol–water partition coefficient (Wildman–Crippen LogP) is 2.99. The maximum absolute atomic E-state index is 10.0. The van der Waals surface area contributed by atoms with Gasteiger partial charge in [0.15, 0.2) is 5.96 Å². The Morgan fingerprint density at radius 2 is 1.76 bits per heavy atom. The van der Waals surface area contributed by atoms with Gasteiger partial charge in [0.05, 0.1) is 13.7 Å². The molecule has 0 aliphatic heterocycles. The van der Waals surface area contributed by atoms with E-state index in [2.05, 4.69) is 27.8 Å². The molecule has 0 amide bonds. The topological polar surface area (TPSA) is 84.3 Å². The maximum Gasteiger partial charge on any atom is 0.191 e. The van der Waals surface area contributed by atoms with E-state index in [-0.39, 0.29) is 5.75 Å². The second-order valence-electron chi connectivity index (χ2n) is 6.58. The third kappa shape index (κ3) is 7.19. The van der Waals surface area contributed by atoms with Gasteiger partial charge in [-0.05, 0) is 36.8 Å². The van der Waals surface area contributed by atoms with Crippen LogP contribution in [-0.2, 0) is 17.8 Å². The lowest BCUT2D eigenvalue weighted by Gasteiger charge is -2.16. The summed E-state index contributed by atoms with van der Waals surface area (Å²) in [7, 11) is 4.99. The van der Waals surface area contributed by atoms with Gasteiger partial charge in [0, 0.05) is 51.4 Å². The Kier molecular flexibility index (Phi) is 9.11. The lowest BCUT2D eigenvalue weighted by Crippen LogP contribution is -2.36. The summed E-state index contributed by atoms with van der Waals surface area (Å²) in [6.07, 6.45) is 0.838. The van der Waals surface area contributed by atoms with Crippen LogP contribution >= 0.6 is 0 Å². The number of benzene rings is 2. The summed E-state index contributed by atoms with van der Waals surface area (Å²) >= 11 is 0. The van der Waals surface area contributed by atoms with Crippen LogP contribution in [0.1, 0.15) is 23.1 Å². The molecular formula is C22H31N3O4. The van der Waals surface area contributed by atoms with Crippen molar-refractivity contribution in [2.45, 2.75) is 26.4 Å². The summed E-state index contributed by atoms with van der Waals surface area (Å²) in [5, 5.41) is 16.5. The number of guanidine groups is 1. The van der Waals surface area contributed by atoms with Crippen molar-refractivity contribution in [3.8, 4) is 17.2 Å². The highest BCUT2D eigenvalue weighted by atomic mass is 16.5. The fraction of sp³-hybridized carbons (Fsp3) is 0.409. The summed E-state index contributed by atoms with van der Waals surface area (Å²) in [6.45, 7) is 4.29. The van der Waals surface area contributed by atoms with E-state index in [1.807, 2.05) is 13.0 Å². The smallest absolute Gasteiger partial charge is 0.191 e. The van der Waals surface area contributed by atoms with E-state index in [9.17, 15) is 5.11 Å². The second-order valence-corrected chi connectivity index (χ2v) is 6.58. The molecule has 0 aromatic heterocycles. The highest BCUT2D eigenvalue weighted by Gasteiger charge is 2.08. The van der Waals surface area contributed by atoms with Crippen molar-refractivity contribution in [3.63, 3.8) is 0 Å². The van der Waals surface area contributed by atoms with E-state index in [0.717, 1.165) is 28.9 Å². The third-order valence-corrected chi connectivity index (χ3v) is 4.38. The van der Waals surface area contributed by atoms with Gasteiger partial charge in [0.2, 0.25) is 0 Å². The fourth-order valence-electron chi connectivity index (χ4n) is 2.74. The lowest BCUT2D eigenvalue weighted by atomic mass is 10.1. The molecule has 158 valence electrons. The number of nitrogens with zero attached hydrogens (tertiary/aromatic N) is 1. The average molecular weight is 402 g/mol. The molecule has 0 spiro atoms. The maximum atomic E-state index is 10.0. The SMILES string of the molecule is CN=C(NCc1cc(OC)ccc1O)NCc1ccc(C)cc1OCCCOC. The molecule has 0 radical (unpaired) electrons.